The van der Waals surface area contributed by atoms with E-state index in [4.69, 9.17) is 9.47 Å². The molecule has 2 bridgehead atoms. The summed E-state index contributed by atoms with van der Waals surface area (Å²) in [6.45, 7) is 3.25. The Labute approximate surface area is 125 Å². The Morgan fingerprint density at radius 2 is 2.33 bits per heavy atom. The first-order chi connectivity index (χ1) is 10.1. The first-order valence-electron chi connectivity index (χ1n) is 7.29. The number of sulfonamides is 1. The average Bonchev–Trinajstić information content (AvgIpc) is 2.75. The minimum Gasteiger partial charge on any atom is -0.374 e. The van der Waals surface area contributed by atoms with Gasteiger partial charge >= 0.3 is 0 Å². The predicted molar refractivity (Wildman–Crippen MR) is 76.3 cm³/mol. The summed E-state index contributed by atoms with van der Waals surface area (Å²) in [5.41, 5.74) is 0. The van der Waals surface area contributed by atoms with Crippen molar-refractivity contribution in [1.29, 1.82) is 0 Å². The van der Waals surface area contributed by atoms with Crippen LogP contribution in [0.1, 0.15) is 19.8 Å². The third-order valence-corrected chi connectivity index (χ3v) is 6.01. The molecule has 0 aromatic carbocycles. The summed E-state index contributed by atoms with van der Waals surface area (Å²) in [7, 11) is -3.56. The molecule has 0 N–H and O–H groups in total. The van der Waals surface area contributed by atoms with Gasteiger partial charge in [0, 0.05) is 25.5 Å². The molecule has 1 aliphatic heterocycles. The first-order valence-corrected chi connectivity index (χ1v) is 8.73. The van der Waals surface area contributed by atoms with Crippen LogP contribution < -0.4 is 0 Å². The van der Waals surface area contributed by atoms with Crippen LogP contribution in [0.3, 0.4) is 0 Å². The molecular weight excluding hydrogens is 292 g/mol. The van der Waals surface area contributed by atoms with Gasteiger partial charge in [-0.3, -0.25) is 4.98 Å². The van der Waals surface area contributed by atoms with E-state index < -0.39 is 10.0 Å². The molecule has 3 rings (SSSR count). The Morgan fingerprint density at radius 3 is 3.05 bits per heavy atom. The Kier molecular flexibility index (Phi) is 4.26. The normalized spacial score (nSPS) is 30.2. The van der Waals surface area contributed by atoms with Crippen LogP contribution >= 0.6 is 0 Å². The van der Waals surface area contributed by atoms with E-state index in [9.17, 15) is 8.42 Å². The van der Waals surface area contributed by atoms with Crippen LogP contribution in [-0.4, -0.2) is 55.7 Å². The van der Waals surface area contributed by atoms with Crippen LogP contribution in [0.15, 0.2) is 29.4 Å². The van der Waals surface area contributed by atoms with Crippen molar-refractivity contribution < 1.29 is 17.9 Å². The second kappa shape index (κ2) is 6.00. The van der Waals surface area contributed by atoms with Gasteiger partial charge in [0.25, 0.3) is 0 Å². The van der Waals surface area contributed by atoms with Crippen LogP contribution in [-0.2, 0) is 19.5 Å². The Morgan fingerprint density at radius 1 is 1.48 bits per heavy atom. The molecular formula is C14H20N2O4S. The molecule has 1 saturated carbocycles. The van der Waals surface area contributed by atoms with E-state index >= 15 is 0 Å². The van der Waals surface area contributed by atoms with E-state index in [1.165, 1.54) is 10.5 Å². The van der Waals surface area contributed by atoms with Gasteiger partial charge in [-0.15, -0.1) is 0 Å². The summed E-state index contributed by atoms with van der Waals surface area (Å²) < 4.78 is 38.8. The maximum Gasteiger partial charge on any atom is 0.245 e. The SMILES string of the molecule is CCO[C@H]1[C@H]2CC[C@H]1OCCN2S(=O)(=O)c1cccnc1. The molecule has 1 aliphatic carbocycles. The molecule has 21 heavy (non-hydrogen) atoms. The number of pyridine rings is 1. The second-order valence-corrected chi connectivity index (χ2v) is 7.17. The number of rotatable bonds is 4. The van der Waals surface area contributed by atoms with Gasteiger partial charge in [0.2, 0.25) is 10.0 Å². The molecule has 2 heterocycles. The zero-order valence-electron chi connectivity index (χ0n) is 12.0. The zero-order valence-corrected chi connectivity index (χ0v) is 12.8. The topological polar surface area (TPSA) is 68.7 Å². The van der Waals surface area contributed by atoms with E-state index in [-0.39, 0.29) is 23.1 Å². The van der Waals surface area contributed by atoms with Crippen LogP contribution in [0, 0.1) is 0 Å². The maximum atomic E-state index is 12.9. The van der Waals surface area contributed by atoms with Gasteiger partial charge in [0.15, 0.2) is 0 Å². The van der Waals surface area contributed by atoms with Crippen molar-refractivity contribution in [3.63, 3.8) is 0 Å². The molecule has 6 nitrogen and oxygen atoms in total. The van der Waals surface area contributed by atoms with Crippen molar-refractivity contribution in [2.24, 2.45) is 0 Å². The van der Waals surface area contributed by atoms with Crippen LogP contribution in [0.2, 0.25) is 0 Å². The van der Waals surface area contributed by atoms with E-state index in [1.807, 2.05) is 6.92 Å². The predicted octanol–water partition coefficient (Wildman–Crippen LogP) is 1.04. The van der Waals surface area contributed by atoms with Gasteiger partial charge in [-0.05, 0) is 31.9 Å². The summed E-state index contributed by atoms with van der Waals surface area (Å²) in [6, 6.07) is 3.07. The Hall–Kier alpha value is -1.02. The quantitative estimate of drug-likeness (QED) is 0.831. The molecule has 116 valence electrons. The molecule has 2 aliphatic rings. The molecule has 1 aromatic heterocycles. The first kappa shape index (κ1) is 14.9. The van der Waals surface area contributed by atoms with Gasteiger partial charge in [0.05, 0.1) is 18.8 Å². The highest BCUT2D eigenvalue weighted by atomic mass is 32.2. The molecule has 0 unspecified atom stereocenters. The average molecular weight is 312 g/mol. The highest BCUT2D eigenvalue weighted by Gasteiger charge is 2.47. The fourth-order valence-electron chi connectivity index (χ4n) is 3.20. The van der Waals surface area contributed by atoms with Gasteiger partial charge in [-0.25, -0.2) is 8.42 Å². The van der Waals surface area contributed by atoms with Gasteiger partial charge in [-0.1, -0.05) is 0 Å². The third kappa shape index (κ3) is 2.70. The van der Waals surface area contributed by atoms with E-state index in [0.717, 1.165) is 12.8 Å². The van der Waals surface area contributed by atoms with E-state index in [2.05, 4.69) is 4.98 Å². The van der Waals surface area contributed by atoms with Gasteiger partial charge in [-0.2, -0.15) is 4.31 Å². The monoisotopic (exact) mass is 312 g/mol. The number of hydrogen-bond donors (Lipinski definition) is 0. The van der Waals surface area contributed by atoms with E-state index in [0.29, 0.717) is 19.8 Å². The second-order valence-electron chi connectivity index (χ2n) is 5.28. The fourth-order valence-corrected chi connectivity index (χ4v) is 4.81. The molecule has 7 heteroatoms. The molecule has 0 radical (unpaired) electrons. The Bertz CT molecular complexity index is 578. The third-order valence-electron chi connectivity index (χ3n) is 4.11. The zero-order chi connectivity index (χ0) is 14.9. The molecule has 0 spiro atoms. The van der Waals surface area contributed by atoms with Gasteiger partial charge < -0.3 is 9.47 Å². The Balaban J connectivity index is 1.93. The lowest BCUT2D eigenvalue weighted by Crippen LogP contribution is -2.46. The molecule has 1 aromatic rings. The minimum absolute atomic E-state index is 0.00375. The van der Waals surface area contributed by atoms with Crippen LogP contribution in [0.4, 0.5) is 0 Å². The van der Waals surface area contributed by atoms with Crippen molar-refractivity contribution in [2.45, 2.75) is 42.9 Å². The maximum absolute atomic E-state index is 12.9. The highest BCUT2D eigenvalue weighted by Crippen LogP contribution is 2.34. The number of hydrogen-bond acceptors (Lipinski definition) is 5. The van der Waals surface area contributed by atoms with Crippen LogP contribution in [0.5, 0.6) is 0 Å². The van der Waals surface area contributed by atoms with Crippen molar-refractivity contribution in [3.8, 4) is 0 Å². The number of aromatic nitrogens is 1. The minimum atomic E-state index is -3.56. The lowest BCUT2D eigenvalue weighted by Gasteiger charge is -2.30. The summed E-state index contributed by atoms with van der Waals surface area (Å²) in [5.74, 6) is 0. The number of ether oxygens (including phenoxy) is 2. The molecule has 3 atom stereocenters. The smallest absolute Gasteiger partial charge is 0.245 e. The summed E-state index contributed by atoms with van der Waals surface area (Å²) in [6.07, 6.45) is 4.40. The summed E-state index contributed by atoms with van der Waals surface area (Å²) >= 11 is 0. The molecule has 1 saturated heterocycles. The number of nitrogens with zero attached hydrogens (tertiary/aromatic N) is 2. The molecule has 0 amide bonds. The van der Waals surface area contributed by atoms with Crippen LogP contribution in [0.25, 0.3) is 0 Å². The standard InChI is InChI=1S/C14H20N2O4S/c1-2-19-14-12-5-6-13(14)20-9-8-16(12)21(17,18)11-4-3-7-15-10-11/h3-4,7,10,12-14H,2,5-6,8-9H2,1H3/t12-,13-,14+/m1/s1. The van der Waals surface area contributed by atoms with Crippen molar-refractivity contribution in [1.82, 2.24) is 9.29 Å². The highest BCUT2D eigenvalue weighted by molar-refractivity contribution is 7.89. The van der Waals surface area contributed by atoms with Crippen molar-refractivity contribution in [2.75, 3.05) is 19.8 Å². The fraction of sp³-hybridized carbons (Fsp3) is 0.643. The number of fused-ring (bicyclic) bond motifs is 2. The molecule has 2 fully saturated rings. The summed E-state index contributed by atoms with van der Waals surface area (Å²) in [5, 5.41) is 0. The lowest BCUT2D eigenvalue weighted by atomic mass is 10.2. The van der Waals surface area contributed by atoms with Crippen molar-refractivity contribution >= 4 is 10.0 Å². The largest absolute Gasteiger partial charge is 0.374 e. The van der Waals surface area contributed by atoms with E-state index in [1.54, 1.807) is 18.3 Å². The lowest BCUT2D eigenvalue weighted by molar-refractivity contribution is -0.0470. The van der Waals surface area contributed by atoms with Crippen molar-refractivity contribution in [3.05, 3.63) is 24.5 Å². The van der Waals surface area contributed by atoms with Gasteiger partial charge in [0.1, 0.15) is 11.0 Å². The summed E-state index contributed by atoms with van der Waals surface area (Å²) in [4.78, 5) is 4.14.